The molecule has 1 N–H and O–H groups in total. The van der Waals surface area contributed by atoms with E-state index in [-0.39, 0.29) is 5.57 Å². The Labute approximate surface area is 85.9 Å². The summed E-state index contributed by atoms with van der Waals surface area (Å²) in [5.74, 6) is 0. The van der Waals surface area contributed by atoms with E-state index in [1.807, 2.05) is 0 Å². The lowest BCUT2D eigenvalue weighted by molar-refractivity contribution is -0.201. The van der Waals surface area contributed by atoms with Crippen molar-refractivity contribution < 1.29 is 18.3 Å². The van der Waals surface area contributed by atoms with Gasteiger partial charge in [0.1, 0.15) is 0 Å². The normalized spacial score (nSPS) is 13.6. The number of rotatable bonds is 3. The summed E-state index contributed by atoms with van der Waals surface area (Å²) in [6, 6.07) is 8.49. The van der Waals surface area contributed by atoms with Crippen LogP contribution in [-0.4, -0.2) is 17.4 Å². The minimum atomic E-state index is -4.59. The lowest BCUT2D eigenvalue weighted by Crippen LogP contribution is -2.28. The second-order valence-corrected chi connectivity index (χ2v) is 3.23. The Morgan fingerprint density at radius 2 is 1.80 bits per heavy atom. The third kappa shape index (κ3) is 3.40. The molecule has 0 aliphatic heterocycles. The zero-order valence-corrected chi connectivity index (χ0v) is 7.96. The van der Waals surface area contributed by atoms with E-state index in [2.05, 4.69) is 6.58 Å². The lowest BCUT2D eigenvalue weighted by atomic mass is 10.0. The van der Waals surface area contributed by atoms with E-state index >= 15 is 0 Å². The summed E-state index contributed by atoms with van der Waals surface area (Å²) in [6.45, 7) is 3.52. The Hall–Kier alpha value is -1.29. The van der Waals surface area contributed by atoms with Crippen LogP contribution in [0.25, 0.3) is 5.57 Å². The Kier molecular flexibility index (Phi) is 3.52. The van der Waals surface area contributed by atoms with Crippen LogP contribution in [0.5, 0.6) is 0 Å². The average molecular weight is 216 g/mol. The highest BCUT2D eigenvalue weighted by molar-refractivity contribution is 5.63. The van der Waals surface area contributed by atoms with E-state index < -0.39 is 18.7 Å². The van der Waals surface area contributed by atoms with Crippen molar-refractivity contribution in [2.45, 2.75) is 18.7 Å². The summed E-state index contributed by atoms with van der Waals surface area (Å²) < 4.78 is 36.1. The molecular weight excluding hydrogens is 205 g/mol. The topological polar surface area (TPSA) is 20.2 Å². The van der Waals surface area contributed by atoms with Gasteiger partial charge in [-0.3, -0.25) is 0 Å². The number of aliphatic hydroxyl groups is 1. The van der Waals surface area contributed by atoms with Crippen molar-refractivity contribution in [3.8, 4) is 0 Å². The number of alkyl halides is 3. The number of hydrogen-bond donors (Lipinski definition) is 1. The summed E-state index contributed by atoms with van der Waals surface area (Å²) >= 11 is 0. The van der Waals surface area contributed by atoms with Gasteiger partial charge in [-0.2, -0.15) is 13.2 Å². The molecule has 0 aromatic heterocycles. The van der Waals surface area contributed by atoms with Crippen molar-refractivity contribution in [1.82, 2.24) is 0 Å². The molecule has 4 heteroatoms. The fourth-order valence-electron chi connectivity index (χ4n) is 1.14. The van der Waals surface area contributed by atoms with Gasteiger partial charge in [-0.05, 0) is 11.1 Å². The van der Waals surface area contributed by atoms with E-state index in [0.29, 0.717) is 5.56 Å². The van der Waals surface area contributed by atoms with Crippen molar-refractivity contribution in [3.63, 3.8) is 0 Å². The second kappa shape index (κ2) is 4.49. The molecule has 1 aromatic carbocycles. The maximum absolute atomic E-state index is 12.0. The van der Waals surface area contributed by atoms with Crippen LogP contribution in [0.1, 0.15) is 12.0 Å². The van der Waals surface area contributed by atoms with Crippen LogP contribution in [-0.2, 0) is 0 Å². The van der Waals surface area contributed by atoms with Crippen LogP contribution in [0.4, 0.5) is 13.2 Å². The molecule has 0 heterocycles. The molecule has 1 aromatic rings. The van der Waals surface area contributed by atoms with Gasteiger partial charge >= 0.3 is 6.18 Å². The first kappa shape index (κ1) is 11.8. The third-order valence-electron chi connectivity index (χ3n) is 2.00. The maximum Gasteiger partial charge on any atom is 0.414 e. The van der Waals surface area contributed by atoms with E-state index in [1.54, 1.807) is 30.3 Å². The Morgan fingerprint density at radius 3 is 2.27 bits per heavy atom. The lowest BCUT2D eigenvalue weighted by Gasteiger charge is -2.15. The van der Waals surface area contributed by atoms with Crippen LogP contribution in [0, 0.1) is 0 Å². The fourth-order valence-corrected chi connectivity index (χ4v) is 1.14. The summed E-state index contributed by atoms with van der Waals surface area (Å²) in [5, 5.41) is 8.83. The minimum Gasteiger partial charge on any atom is -0.383 e. The standard InChI is InChI=1S/C11H11F3O/c1-8(7-10(15)11(12,13)14)9-5-3-2-4-6-9/h2-6,10,15H,1,7H2/t10-/m0/s1. The first-order chi connectivity index (χ1) is 6.91. The number of aliphatic hydroxyl groups excluding tert-OH is 1. The maximum atomic E-state index is 12.0. The van der Waals surface area contributed by atoms with Gasteiger partial charge in [0, 0.05) is 6.42 Å². The molecule has 1 rings (SSSR count). The highest BCUT2D eigenvalue weighted by atomic mass is 19.4. The zero-order chi connectivity index (χ0) is 11.5. The molecule has 1 nitrogen and oxygen atoms in total. The summed E-state index contributed by atoms with van der Waals surface area (Å²) in [6.07, 6.45) is -7.42. The van der Waals surface area contributed by atoms with Crippen molar-refractivity contribution >= 4 is 5.57 Å². The van der Waals surface area contributed by atoms with Gasteiger partial charge < -0.3 is 5.11 Å². The van der Waals surface area contributed by atoms with Crippen LogP contribution >= 0.6 is 0 Å². The van der Waals surface area contributed by atoms with E-state index in [1.165, 1.54) is 0 Å². The molecular formula is C11H11F3O. The Morgan fingerprint density at radius 1 is 1.27 bits per heavy atom. The average Bonchev–Trinajstić information content (AvgIpc) is 2.17. The predicted molar refractivity (Wildman–Crippen MR) is 52.2 cm³/mol. The molecule has 0 aliphatic rings. The van der Waals surface area contributed by atoms with Gasteiger partial charge in [-0.15, -0.1) is 0 Å². The fraction of sp³-hybridized carbons (Fsp3) is 0.273. The van der Waals surface area contributed by atoms with E-state index in [0.717, 1.165) is 0 Å². The molecule has 0 unspecified atom stereocenters. The SMILES string of the molecule is C=C(C[C@H](O)C(F)(F)F)c1ccccc1. The summed E-state index contributed by atoms with van der Waals surface area (Å²) in [4.78, 5) is 0. The minimum absolute atomic E-state index is 0.278. The molecule has 0 amide bonds. The van der Waals surface area contributed by atoms with Gasteiger partial charge in [-0.25, -0.2) is 0 Å². The van der Waals surface area contributed by atoms with Gasteiger partial charge in [-0.1, -0.05) is 36.9 Å². The molecule has 0 saturated heterocycles. The Bertz CT molecular complexity index is 329. The summed E-state index contributed by atoms with van der Waals surface area (Å²) in [5.41, 5.74) is 0.890. The first-order valence-electron chi connectivity index (χ1n) is 4.39. The number of halogens is 3. The predicted octanol–water partition coefficient (Wildman–Crippen LogP) is 3.01. The molecule has 0 fully saturated rings. The van der Waals surface area contributed by atoms with Gasteiger partial charge in [0.25, 0.3) is 0 Å². The first-order valence-corrected chi connectivity index (χ1v) is 4.39. The smallest absolute Gasteiger partial charge is 0.383 e. The molecule has 0 bridgehead atoms. The highest BCUT2D eigenvalue weighted by Crippen LogP contribution is 2.27. The van der Waals surface area contributed by atoms with E-state index in [9.17, 15) is 13.2 Å². The van der Waals surface area contributed by atoms with Crippen LogP contribution in [0.2, 0.25) is 0 Å². The van der Waals surface area contributed by atoms with Crippen LogP contribution < -0.4 is 0 Å². The van der Waals surface area contributed by atoms with Crippen molar-refractivity contribution in [2.75, 3.05) is 0 Å². The molecule has 0 spiro atoms. The van der Waals surface area contributed by atoms with Gasteiger partial charge in [0.05, 0.1) is 0 Å². The number of hydrogen-bond acceptors (Lipinski definition) is 1. The zero-order valence-electron chi connectivity index (χ0n) is 7.96. The largest absolute Gasteiger partial charge is 0.414 e. The number of benzene rings is 1. The molecule has 0 radical (unpaired) electrons. The molecule has 15 heavy (non-hydrogen) atoms. The highest BCUT2D eigenvalue weighted by Gasteiger charge is 2.38. The van der Waals surface area contributed by atoms with Crippen molar-refractivity contribution in [2.24, 2.45) is 0 Å². The second-order valence-electron chi connectivity index (χ2n) is 3.23. The monoisotopic (exact) mass is 216 g/mol. The summed E-state index contributed by atoms with van der Waals surface area (Å²) in [7, 11) is 0. The molecule has 82 valence electrons. The van der Waals surface area contributed by atoms with Crippen molar-refractivity contribution in [1.29, 1.82) is 0 Å². The Balaban J connectivity index is 2.65. The van der Waals surface area contributed by atoms with Crippen LogP contribution in [0.3, 0.4) is 0 Å². The quantitative estimate of drug-likeness (QED) is 0.823. The van der Waals surface area contributed by atoms with E-state index in [4.69, 9.17) is 5.11 Å². The van der Waals surface area contributed by atoms with Crippen LogP contribution in [0.15, 0.2) is 36.9 Å². The molecule has 0 aliphatic carbocycles. The van der Waals surface area contributed by atoms with Gasteiger partial charge in [0.2, 0.25) is 0 Å². The third-order valence-corrected chi connectivity index (χ3v) is 2.00. The molecule has 1 atom stereocenters. The van der Waals surface area contributed by atoms with Gasteiger partial charge in [0.15, 0.2) is 6.10 Å². The molecule has 0 saturated carbocycles. The van der Waals surface area contributed by atoms with Crippen molar-refractivity contribution in [3.05, 3.63) is 42.5 Å².